The molecule has 0 saturated heterocycles. The summed E-state index contributed by atoms with van der Waals surface area (Å²) < 4.78 is 31.6. The van der Waals surface area contributed by atoms with Crippen molar-refractivity contribution in [3.8, 4) is 5.75 Å². The van der Waals surface area contributed by atoms with Gasteiger partial charge in [0.25, 0.3) is 5.91 Å². The lowest BCUT2D eigenvalue weighted by Crippen LogP contribution is -2.34. The van der Waals surface area contributed by atoms with E-state index in [2.05, 4.69) is 0 Å². The first-order chi connectivity index (χ1) is 12.6. The average Bonchev–Trinajstić information content (AvgIpc) is 2.68. The zero-order valence-corrected chi connectivity index (χ0v) is 13.9. The number of hydrogen-bond donors (Lipinski definition) is 0. The first-order valence-electron chi connectivity index (χ1n) is 8.10. The van der Waals surface area contributed by atoms with Crippen molar-refractivity contribution in [2.75, 3.05) is 11.5 Å². The van der Waals surface area contributed by atoms with Crippen molar-refractivity contribution in [1.82, 2.24) is 0 Å². The van der Waals surface area contributed by atoms with E-state index in [1.807, 2.05) is 60.7 Å². The second-order valence-corrected chi connectivity index (χ2v) is 5.67. The van der Waals surface area contributed by atoms with Gasteiger partial charge in [-0.2, -0.15) is 0 Å². The van der Waals surface area contributed by atoms with Crippen LogP contribution in [0.25, 0.3) is 0 Å². The standard InChI is InChI=1S/C21H17F2NO2/c22-19-12-11-18(13-20(19)23)26-15-21(25)24(17-9-5-2-6-10-17)14-16-7-3-1-4-8-16/h1-13H,14-15H2. The molecule has 0 heterocycles. The number of ether oxygens (including phenoxy) is 1. The van der Waals surface area contributed by atoms with Gasteiger partial charge in [0.05, 0.1) is 6.54 Å². The van der Waals surface area contributed by atoms with Gasteiger partial charge in [0.15, 0.2) is 18.2 Å². The molecule has 3 nitrogen and oxygen atoms in total. The van der Waals surface area contributed by atoms with Crippen LogP contribution in [0, 0.1) is 11.6 Å². The minimum Gasteiger partial charge on any atom is -0.484 e. The van der Waals surface area contributed by atoms with E-state index < -0.39 is 11.6 Å². The molecule has 0 aliphatic carbocycles. The molecule has 0 bridgehead atoms. The molecule has 1 amide bonds. The molecule has 0 aromatic heterocycles. The molecule has 0 aliphatic heterocycles. The van der Waals surface area contributed by atoms with Crippen molar-refractivity contribution in [3.63, 3.8) is 0 Å². The Labute approximate surface area is 150 Å². The third-order valence-corrected chi connectivity index (χ3v) is 3.81. The third kappa shape index (κ3) is 4.45. The van der Waals surface area contributed by atoms with E-state index >= 15 is 0 Å². The Morgan fingerprint density at radius 2 is 1.50 bits per heavy atom. The summed E-state index contributed by atoms with van der Waals surface area (Å²) in [4.78, 5) is 14.3. The van der Waals surface area contributed by atoms with Gasteiger partial charge in [0.2, 0.25) is 0 Å². The largest absolute Gasteiger partial charge is 0.484 e. The molecule has 0 radical (unpaired) electrons. The number of para-hydroxylation sites is 1. The average molecular weight is 353 g/mol. The number of nitrogens with zero attached hydrogens (tertiary/aromatic N) is 1. The van der Waals surface area contributed by atoms with E-state index in [1.165, 1.54) is 6.07 Å². The van der Waals surface area contributed by atoms with E-state index in [9.17, 15) is 13.6 Å². The molecule has 26 heavy (non-hydrogen) atoms. The van der Waals surface area contributed by atoms with Crippen LogP contribution in [-0.4, -0.2) is 12.5 Å². The maximum Gasteiger partial charge on any atom is 0.265 e. The summed E-state index contributed by atoms with van der Waals surface area (Å²) in [5.41, 5.74) is 1.70. The molecule has 0 unspecified atom stereocenters. The number of benzene rings is 3. The monoisotopic (exact) mass is 353 g/mol. The smallest absolute Gasteiger partial charge is 0.265 e. The van der Waals surface area contributed by atoms with Crippen LogP contribution in [0.4, 0.5) is 14.5 Å². The number of carbonyl (C=O) groups is 1. The van der Waals surface area contributed by atoms with Crippen LogP contribution in [0.3, 0.4) is 0 Å². The first-order valence-corrected chi connectivity index (χ1v) is 8.10. The highest BCUT2D eigenvalue weighted by atomic mass is 19.2. The second-order valence-electron chi connectivity index (χ2n) is 5.67. The predicted octanol–water partition coefficient (Wildman–Crippen LogP) is 4.58. The fourth-order valence-electron chi connectivity index (χ4n) is 2.49. The highest BCUT2D eigenvalue weighted by Crippen LogP contribution is 2.19. The minimum atomic E-state index is -1.01. The molecule has 132 valence electrons. The van der Waals surface area contributed by atoms with Gasteiger partial charge in [-0.15, -0.1) is 0 Å². The number of carbonyl (C=O) groups excluding carboxylic acids is 1. The van der Waals surface area contributed by atoms with Crippen molar-refractivity contribution in [2.45, 2.75) is 6.54 Å². The first kappa shape index (κ1) is 17.6. The molecule has 3 aromatic rings. The maximum atomic E-state index is 13.3. The Balaban J connectivity index is 1.75. The summed E-state index contributed by atoms with van der Waals surface area (Å²) >= 11 is 0. The quantitative estimate of drug-likeness (QED) is 0.649. The van der Waals surface area contributed by atoms with E-state index in [-0.39, 0.29) is 18.3 Å². The van der Waals surface area contributed by atoms with Gasteiger partial charge in [0.1, 0.15) is 5.75 Å². The highest BCUT2D eigenvalue weighted by molar-refractivity contribution is 5.94. The number of anilines is 1. The Morgan fingerprint density at radius 3 is 2.15 bits per heavy atom. The van der Waals surface area contributed by atoms with Crippen molar-refractivity contribution in [3.05, 3.63) is 96.1 Å². The van der Waals surface area contributed by atoms with Crippen LogP contribution < -0.4 is 9.64 Å². The number of hydrogen-bond acceptors (Lipinski definition) is 2. The number of rotatable bonds is 6. The summed E-state index contributed by atoms with van der Waals surface area (Å²) in [6.07, 6.45) is 0. The molecular formula is C21H17F2NO2. The Hall–Kier alpha value is -3.21. The normalized spacial score (nSPS) is 10.4. The fraction of sp³-hybridized carbons (Fsp3) is 0.0952. The van der Waals surface area contributed by atoms with Gasteiger partial charge >= 0.3 is 0 Å². The molecule has 0 N–H and O–H groups in total. The van der Waals surface area contributed by atoms with Gasteiger partial charge in [-0.1, -0.05) is 48.5 Å². The van der Waals surface area contributed by atoms with E-state index in [1.54, 1.807) is 4.90 Å². The predicted molar refractivity (Wildman–Crippen MR) is 95.9 cm³/mol. The summed E-state index contributed by atoms with van der Waals surface area (Å²) in [5.74, 6) is -2.16. The molecule has 3 aromatic carbocycles. The van der Waals surface area contributed by atoms with Gasteiger partial charge in [-0.3, -0.25) is 4.79 Å². The van der Waals surface area contributed by atoms with Crippen molar-refractivity contribution < 1.29 is 18.3 Å². The minimum absolute atomic E-state index is 0.102. The fourth-order valence-corrected chi connectivity index (χ4v) is 2.49. The molecule has 0 atom stereocenters. The molecular weight excluding hydrogens is 336 g/mol. The van der Waals surface area contributed by atoms with Gasteiger partial charge < -0.3 is 9.64 Å². The van der Waals surface area contributed by atoms with Crippen LogP contribution in [0.2, 0.25) is 0 Å². The summed E-state index contributed by atoms with van der Waals surface area (Å²) in [5, 5.41) is 0. The van der Waals surface area contributed by atoms with Crippen LogP contribution in [0.1, 0.15) is 5.56 Å². The van der Waals surface area contributed by atoms with Crippen LogP contribution in [0.5, 0.6) is 5.75 Å². The zero-order valence-electron chi connectivity index (χ0n) is 13.9. The van der Waals surface area contributed by atoms with E-state index in [0.29, 0.717) is 6.54 Å². The van der Waals surface area contributed by atoms with Crippen molar-refractivity contribution >= 4 is 11.6 Å². The number of halogens is 2. The zero-order chi connectivity index (χ0) is 18.4. The maximum absolute atomic E-state index is 13.3. The number of amides is 1. The summed E-state index contributed by atoms with van der Waals surface area (Å²) in [6, 6.07) is 22.0. The molecule has 0 fully saturated rings. The highest BCUT2D eigenvalue weighted by Gasteiger charge is 2.17. The van der Waals surface area contributed by atoms with Crippen LogP contribution in [-0.2, 0) is 11.3 Å². The van der Waals surface area contributed by atoms with Crippen molar-refractivity contribution in [1.29, 1.82) is 0 Å². The Kier molecular flexibility index (Phi) is 5.59. The Bertz CT molecular complexity index is 870. The van der Waals surface area contributed by atoms with Gasteiger partial charge in [0, 0.05) is 11.8 Å². The molecule has 3 rings (SSSR count). The Morgan fingerprint density at radius 1 is 0.846 bits per heavy atom. The van der Waals surface area contributed by atoms with Crippen molar-refractivity contribution in [2.24, 2.45) is 0 Å². The SMILES string of the molecule is O=C(COc1ccc(F)c(F)c1)N(Cc1ccccc1)c1ccccc1. The van der Waals surface area contributed by atoms with E-state index in [0.717, 1.165) is 23.4 Å². The third-order valence-electron chi connectivity index (χ3n) is 3.81. The molecule has 0 saturated carbocycles. The van der Waals surface area contributed by atoms with Crippen LogP contribution in [0.15, 0.2) is 78.9 Å². The topological polar surface area (TPSA) is 29.5 Å². The molecule has 0 spiro atoms. The lowest BCUT2D eigenvalue weighted by molar-refractivity contribution is -0.120. The van der Waals surface area contributed by atoms with Gasteiger partial charge in [-0.05, 0) is 29.8 Å². The van der Waals surface area contributed by atoms with E-state index in [4.69, 9.17) is 4.74 Å². The second kappa shape index (κ2) is 8.25. The summed E-state index contributed by atoms with van der Waals surface area (Å²) in [6.45, 7) is 0.0949. The summed E-state index contributed by atoms with van der Waals surface area (Å²) in [7, 11) is 0. The van der Waals surface area contributed by atoms with Crippen LogP contribution >= 0.6 is 0 Å². The molecule has 0 aliphatic rings. The lowest BCUT2D eigenvalue weighted by Gasteiger charge is -2.23. The molecule has 5 heteroatoms. The van der Waals surface area contributed by atoms with Gasteiger partial charge in [-0.25, -0.2) is 8.78 Å². The lowest BCUT2D eigenvalue weighted by atomic mass is 10.2.